The molecule has 0 saturated heterocycles. The number of carbonyl (C=O) groups is 1. The van der Waals surface area contributed by atoms with E-state index in [9.17, 15) is 4.79 Å². The number of hydrogen-bond acceptors (Lipinski definition) is 4. The molecule has 0 N–H and O–H groups in total. The Balaban J connectivity index is 2.10. The summed E-state index contributed by atoms with van der Waals surface area (Å²) in [6.07, 6.45) is 0. The molecule has 0 fully saturated rings. The monoisotopic (exact) mass is 229 g/mol. The van der Waals surface area contributed by atoms with E-state index in [2.05, 4.69) is 10.2 Å². The summed E-state index contributed by atoms with van der Waals surface area (Å²) < 4.78 is 0. The molecule has 1 aromatic carbocycles. The molecule has 2 heterocycles. The van der Waals surface area contributed by atoms with Crippen molar-refractivity contribution in [2.75, 3.05) is 0 Å². The number of fused-ring (bicyclic) bond motifs is 1. The molecule has 0 aliphatic heterocycles. The van der Waals surface area contributed by atoms with Crippen LogP contribution in [0.2, 0.25) is 0 Å². The number of rotatable bonds is 1. The summed E-state index contributed by atoms with van der Waals surface area (Å²) >= 11 is 1.39. The average molecular weight is 229 g/mol. The van der Waals surface area contributed by atoms with Crippen molar-refractivity contribution in [3.8, 4) is 0 Å². The third-order valence-corrected chi connectivity index (χ3v) is 3.06. The van der Waals surface area contributed by atoms with Gasteiger partial charge in [0.1, 0.15) is 11.0 Å². The summed E-state index contributed by atoms with van der Waals surface area (Å²) in [6, 6.07) is 11.0. The van der Waals surface area contributed by atoms with Crippen molar-refractivity contribution in [3.05, 3.63) is 46.7 Å². The molecule has 0 aliphatic carbocycles. The molecule has 78 valence electrons. The highest BCUT2D eigenvalue weighted by Crippen LogP contribution is 2.12. The summed E-state index contributed by atoms with van der Waals surface area (Å²) in [4.78, 5) is 13.7. The standard InChI is InChI=1S/C11H7N3OS/c15-11(10-6-3-7-16-10)14-12-8-4-1-2-5-9(8)13-14/h1-7H. The third-order valence-electron chi connectivity index (χ3n) is 2.20. The number of aromatic nitrogens is 3. The van der Waals surface area contributed by atoms with Gasteiger partial charge in [-0.1, -0.05) is 18.2 Å². The zero-order chi connectivity index (χ0) is 11.0. The Bertz CT molecular complexity index is 609. The molecule has 3 rings (SSSR count). The first-order chi connectivity index (χ1) is 7.84. The smallest absolute Gasteiger partial charge is 0.264 e. The Morgan fingerprint density at radius 3 is 2.31 bits per heavy atom. The predicted molar refractivity (Wildman–Crippen MR) is 61.6 cm³/mol. The molecule has 2 aromatic heterocycles. The van der Waals surface area contributed by atoms with E-state index in [1.54, 1.807) is 6.07 Å². The number of thiophene rings is 1. The normalized spacial score (nSPS) is 10.8. The van der Waals surface area contributed by atoms with Crippen molar-refractivity contribution in [2.45, 2.75) is 0 Å². The highest BCUT2D eigenvalue weighted by Gasteiger charge is 2.12. The highest BCUT2D eigenvalue weighted by atomic mass is 32.1. The maximum absolute atomic E-state index is 11.9. The number of hydrogen-bond donors (Lipinski definition) is 0. The molecule has 0 bridgehead atoms. The van der Waals surface area contributed by atoms with Crippen molar-refractivity contribution in [3.63, 3.8) is 0 Å². The molecule has 0 unspecified atom stereocenters. The molecule has 0 saturated carbocycles. The fourth-order valence-electron chi connectivity index (χ4n) is 1.45. The van der Waals surface area contributed by atoms with Gasteiger partial charge in [0, 0.05) is 0 Å². The maximum Gasteiger partial charge on any atom is 0.305 e. The van der Waals surface area contributed by atoms with Crippen molar-refractivity contribution < 1.29 is 4.79 Å². The van der Waals surface area contributed by atoms with E-state index in [4.69, 9.17) is 0 Å². The Hall–Kier alpha value is -2.01. The van der Waals surface area contributed by atoms with Crippen LogP contribution in [0.25, 0.3) is 11.0 Å². The van der Waals surface area contributed by atoms with Crippen molar-refractivity contribution in [1.82, 2.24) is 15.0 Å². The van der Waals surface area contributed by atoms with Gasteiger partial charge in [0.15, 0.2) is 0 Å². The molecule has 0 atom stereocenters. The van der Waals surface area contributed by atoms with E-state index in [1.165, 1.54) is 11.3 Å². The lowest BCUT2D eigenvalue weighted by atomic mass is 10.3. The summed E-state index contributed by atoms with van der Waals surface area (Å²) in [6.45, 7) is 0. The van der Waals surface area contributed by atoms with Crippen LogP contribution in [0.3, 0.4) is 0 Å². The fourth-order valence-corrected chi connectivity index (χ4v) is 2.09. The first-order valence-corrected chi connectivity index (χ1v) is 5.63. The second-order valence-corrected chi connectivity index (χ2v) is 4.21. The molecule has 3 aromatic rings. The number of carbonyl (C=O) groups excluding carboxylic acids is 1. The van der Waals surface area contributed by atoms with Crippen molar-refractivity contribution in [1.29, 1.82) is 0 Å². The van der Waals surface area contributed by atoms with E-state index in [1.807, 2.05) is 35.7 Å². The summed E-state index contributed by atoms with van der Waals surface area (Å²) in [5.74, 6) is -0.189. The number of benzene rings is 1. The van der Waals surface area contributed by atoms with Gasteiger partial charge in [0.25, 0.3) is 0 Å². The Morgan fingerprint density at radius 2 is 1.75 bits per heavy atom. The highest BCUT2D eigenvalue weighted by molar-refractivity contribution is 7.12. The molecule has 0 amide bonds. The summed E-state index contributed by atoms with van der Waals surface area (Å²) in [7, 11) is 0. The minimum atomic E-state index is -0.189. The van der Waals surface area contributed by atoms with Gasteiger partial charge in [0.2, 0.25) is 0 Å². The van der Waals surface area contributed by atoms with E-state index in [-0.39, 0.29) is 5.91 Å². The summed E-state index contributed by atoms with van der Waals surface area (Å²) in [5.41, 5.74) is 1.46. The second kappa shape index (κ2) is 3.53. The average Bonchev–Trinajstić information content (AvgIpc) is 2.97. The van der Waals surface area contributed by atoms with Crippen LogP contribution in [0.1, 0.15) is 9.67 Å². The van der Waals surface area contributed by atoms with Gasteiger partial charge in [-0.15, -0.1) is 26.3 Å². The maximum atomic E-state index is 11.9. The molecule has 16 heavy (non-hydrogen) atoms. The lowest BCUT2D eigenvalue weighted by molar-refractivity contribution is 0.0933. The number of nitrogens with zero attached hydrogens (tertiary/aromatic N) is 3. The van der Waals surface area contributed by atoms with Gasteiger partial charge in [0.05, 0.1) is 4.88 Å². The van der Waals surface area contributed by atoms with Crippen LogP contribution in [0.15, 0.2) is 41.8 Å². The van der Waals surface area contributed by atoms with E-state index in [0.29, 0.717) is 4.88 Å². The molecular formula is C11H7N3OS. The molecular weight excluding hydrogens is 222 g/mol. The van der Waals surface area contributed by atoms with Crippen LogP contribution >= 0.6 is 11.3 Å². The lowest BCUT2D eigenvalue weighted by Gasteiger charge is -1.92. The minimum Gasteiger partial charge on any atom is -0.264 e. The third kappa shape index (κ3) is 1.42. The minimum absolute atomic E-state index is 0.189. The van der Waals surface area contributed by atoms with E-state index < -0.39 is 0 Å². The van der Waals surface area contributed by atoms with Crippen LogP contribution in [0, 0.1) is 0 Å². The van der Waals surface area contributed by atoms with Crippen LogP contribution in [-0.4, -0.2) is 20.9 Å². The zero-order valence-electron chi connectivity index (χ0n) is 8.20. The fraction of sp³-hybridized carbons (Fsp3) is 0. The predicted octanol–water partition coefficient (Wildman–Crippen LogP) is 2.18. The topological polar surface area (TPSA) is 47.8 Å². The molecule has 0 radical (unpaired) electrons. The zero-order valence-corrected chi connectivity index (χ0v) is 9.02. The first-order valence-electron chi connectivity index (χ1n) is 4.75. The van der Waals surface area contributed by atoms with Crippen molar-refractivity contribution in [2.24, 2.45) is 0 Å². The van der Waals surface area contributed by atoms with E-state index in [0.717, 1.165) is 15.8 Å². The Labute approximate surface area is 95.1 Å². The van der Waals surface area contributed by atoms with Gasteiger partial charge >= 0.3 is 5.91 Å². The van der Waals surface area contributed by atoms with Crippen LogP contribution < -0.4 is 0 Å². The lowest BCUT2D eigenvalue weighted by Crippen LogP contribution is -2.13. The van der Waals surface area contributed by atoms with Crippen LogP contribution in [0.4, 0.5) is 0 Å². The summed E-state index contributed by atoms with van der Waals surface area (Å²) in [5, 5.41) is 10.1. The molecule has 4 nitrogen and oxygen atoms in total. The van der Waals surface area contributed by atoms with Gasteiger partial charge in [-0.05, 0) is 23.6 Å². The van der Waals surface area contributed by atoms with Gasteiger partial charge in [-0.25, -0.2) is 0 Å². The Kier molecular flexibility index (Phi) is 2.04. The SMILES string of the molecule is O=C(c1cccs1)n1nc2ccccc2n1. The molecule has 0 spiro atoms. The first kappa shape index (κ1) is 9.23. The van der Waals surface area contributed by atoms with Crippen molar-refractivity contribution >= 4 is 28.3 Å². The van der Waals surface area contributed by atoms with Gasteiger partial charge in [-0.3, -0.25) is 4.79 Å². The second-order valence-electron chi connectivity index (χ2n) is 3.26. The molecule has 5 heteroatoms. The molecule has 0 aliphatic rings. The van der Waals surface area contributed by atoms with Crippen LogP contribution in [0.5, 0.6) is 0 Å². The van der Waals surface area contributed by atoms with E-state index >= 15 is 0 Å². The quantitative estimate of drug-likeness (QED) is 0.642. The van der Waals surface area contributed by atoms with Gasteiger partial charge in [-0.2, -0.15) is 0 Å². The Morgan fingerprint density at radius 1 is 1.06 bits per heavy atom. The largest absolute Gasteiger partial charge is 0.305 e. The van der Waals surface area contributed by atoms with Crippen LogP contribution in [-0.2, 0) is 0 Å². The van der Waals surface area contributed by atoms with Gasteiger partial charge < -0.3 is 0 Å².